The van der Waals surface area contributed by atoms with Crippen molar-refractivity contribution in [3.63, 3.8) is 0 Å². The molecule has 3 N–H and O–H groups in total. The molecule has 1 aliphatic heterocycles. The topological polar surface area (TPSA) is 81.0 Å². The number of aryl methyl sites for hydroxylation is 1. The second-order valence-corrected chi connectivity index (χ2v) is 4.72. The van der Waals surface area contributed by atoms with Gasteiger partial charge in [-0.3, -0.25) is 14.8 Å². The SMILES string of the molecule is Cc1ccc2c(c1C)N(C)c1[nH]c(=O)[nH]c(=O)c1N2. The average Bonchev–Trinajstić information content (AvgIpc) is 2.35. The highest BCUT2D eigenvalue weighted by Crippen LogP contribution is 2.41. The van der Waals surface area contributed by atoms with Gasteiger partial charge in [0.15, 0.2) is 0 Å². The zero-order chi connectivity index (χ0) is 13.7. The number of nitrogens with zero attached hydrogens (tertiary/aromatic N) is 1. The number of aromatic nitrogens is 2. The predicted molar refractivity (Wildman–Crippen MR) is 74.9 cm³/mol. The van der Waals surface area contributed by atoms with Crippen LogP contribution < -0.4 is 21.5 Å². The summed E-state index contributed by atoms with van der Waals surface area (Å²) >= 11 is 0. The van der Waals surface area contributed by atoms with Gasteiger partial charge in [0.25, 0.3) is 5.56 Å². The molecule has 2 heterocycles. The van der Waals surface area contributed by atoms with Gasteiger partial charge in [-0.15, -0.1) is 0 Å². The standard InChI is InChI=1S/C13H14N4O2/c1-6-4-5-8-10(7(6)2)17(3)11-9(14-8)12(18)16-13(19)15-11/h4-5,14H,1-3H3,(H2,15,16,18,19). The second-order valence-electron chi connectivity index (χ2n) is 4.72. The molecule has 0 radical (unpaired) electrons. The molecule has 0 unspecified atom stereocenters. The summed E-state index contributed by atoms with van der Waals surface area (Å²) in [6, 6.07) is 3.93. The van der Waals surface area contributed by atoms with Crippen LogP contribution in [0.15, 0.2) is 21.7 Å². The second kappa shape index (κ2) is 3.74. The number of anilines is 4. The van der Waals surface area contributed by atoms with Crippen LogP contribution in [0, 0.1) is 13.8 Å². The summed E-state index contributed by atoms with van der Waals surface area (Å²) in [6.07, 6.45) is 0. The Labute approximate surface area is 109 Å². The van der Waals surface area contributed by atoms with Crippen LogP contribution >= 0.6 is 0 Å². The van der Waals surface area contributed by atoms with E-state index in [4.69, 9.17) is 0 Å². The highest BCUT2D eigenvalue weighted by molar-refractivity contribution is 5.91. The normalized spacial score (nSPS) is 12.7. The van der Waals surface area contributed by atoms with Crippen molar-refractivity contribution >= 4 is 22.9 Å². The van der Waals surface area contributed by atoms with E-state index in [0.717, 1.165) is 22.5 Å². The quantitative estimate of drug-likeness (QED) is 0.669. The molecule has 3 rings (SSSR count). The van der Waals surface area contributed by atoms with E-state index in [9.17, 15) is 9.59 Å². The Kier molecular flexibility index (Phi) is 2.28. The largest absolute Gasteiger partial charge is 0.346 e. The van der Waals surface area contributed by atoms with Gasteiger partial charge in [0.1, 0.15) is 11.5 Å². The summed E-state index contributed by atoms with van der Waals surface area (Å²) in [6.45, 7) is 4.04. The minimum absolute atomic E-state index is 0.359. The van der Waals surface area contributed by atoms with Crippen LogP contribution in [-0.4, -0.2) is 17.0 Å². The molecule has 0 bridgehead atoms. The molecule has 0 spiro atoms. The van der Waals surface area contributed by atoms with Crippen molar-refractivity contribution in [2.75, 3.05) is 17.3 Å². The molecule has 0 atom stereocenters. The van der Waals surface area contributed by atoms with Gasteiger partial charge in [0, 0.05) is 7.05 Å². The first-order valence-electron chi connectivity index (χ1n) is 5.96. The van der Waals surface area contributed by atoms with Crippen LogP contribution in [0.2, 0.25) is 0 Å². The van der Waals surface area contributed by atoms with E-state index in [-0.39, 0.29) is 0 Å². The fourth-order valence-corrected chi connectivity index (χ4v) is 2.42. The van der Waals surface area contributed by atoms with Crippen molar-refractivity contribution in [3.8, 4) is 0 Å². The Bertz CT molecular complexity index is 788. The Morgan fingerprint density at radius 1 is 1.11 bits per heavy atom. The molecule has 0 saturated heterocycles. The minimum Gasteiger partial charge on any atom is -0.346 e. The summed E-state index contributed by atoms with van der Waals surface area (Å²) in [7, 11) is 1.83. The average molecular weight is 258 g/mol. The number of H-pyrrole nitrogens is 2. The summed E-state index contributed by atoms with van der Waals surface area (Å²) in [5, 5.41) is 3.08. The van der Waals surface area contributed by atoms with Crippen LogP contribution in [-0.2, 0) is 0 Å². The Morgan fingerprint density at radius 2 is 1.84 bits per heavy atom. The fourth-order valence-electron chi connectivity index (χ4n) is 2.42. The first-order valence-corrected chi connectivity index (χ1v) is 5.96. The molecule has 2 aromatic rings. The molecular formula is C13H14N4O2. The number of hydrogen-bond donors (Lipinski definition) is 3. The minimum atomic E-state index is -0.508. The maximum Gasteiger partial charge on any atom is 0.327 e. The Hall–Kier alpha value is -2.50. The van der Waals surface area contributed by atoms with Crippen LogP contribution in [0.3, 0.4) is 0 Å². The van der Waals surface area contributed by atoms with Crippen molar-refractivity contribution in [1.29, 1.82) is 0 Å². The molecular weight excluding hydrogens is 244 g/mol. The first kappa shape index (κ1) is 11.6. The molecule has 19 heavy (non-hydrogen) atoms. The van der Waals surface area contributed by atoms with Crippen molar-refractivity contribution in [2.24, 2.45) is 0 Å². The summed E-state index contributed by atoms with van der Waals surface area (Å²) in [4.78, 5) is 29.9. The Balaban J connectivity index is 2.32. The van der Waals surface area contributed by atoms with Crippen LogP contribution in [0.4, 0.5) is 22.9 Å². The lowest BCUT2D eigenvalue weighted by molar-refractivity contribution is 0.987. The third-order valence-corrected chi connectivity index (χ3v) is 3.56. The van der Waals surface area contributed by atoms with Gasteiger partial charge >= 0.3 is 5.69 Å². The van der Waals surface area contributed by atoms with Gasteiger partial charge in [-0.2, -0.15) is 0 Å². The molecule has 1 aromatic heterocycles. The lowest BCUT2D eigenvalue weighted by Gasteiger charge is -2.31. The van der Waals surface area contributed by atoms with Crippen molar-refractivity contribution < 1.29 is 0 Å². The van der Waals surface area contributed by atoms with Crippen LogP contribution in [0.1, 0.15) is 11.1 Å². The molecule has 1 aliphatic rings. The van der Waals surface area contributed by atoms with Crippen LogP contribution in [0.25, 0.3) is 0 Å². The van der Waals surface area contributed by atoms with Crippen molar-refractivity contribution in [3.05, 3.63) is 44.1 Å². The summed E-state index contributed by atoms with van der Waals surface area (Å²) in [5.74, 6) is 0.481. The third-order valence-electron chi connectivity index (χ3n) is 3.56. The highest BCUT2D eigenvalue weighted by atomic mass is 16.2. The molecule has 0 amide bonds. The van der Waals surface area contributed by atoms with E-state index in [2.05, 4.69) is 15.3 Å². The molecule has 0 fully saturated rings. The Morgan fingerprint density at radius 3 is 2.58 bits per heavy atom. The lowest BCUT2D eigenvalue weighted by Crippen LogP contribution is -2.31. The predicted octanol–water partition coefficient (Wildman–Crippen LogP) is 1.50. The fraction of sp³-hybridized carbons (Fsp3) is 0.231. The molecule has 6 heteroatoms. The van der Waals surface area contributed by atoms with E-state index < -0.39 is 11.2 Å². The zero-order valence-electron chi connectivity index (χ0n) is 10.9. The van der Waals surface area contributed by atoms with Gasteiger partial charge in [-0.25, -0.2) is 4.79 Å². The van der Waals surface area contributed by atoms with Crippen molar-refractivity contribution in [1.82, 2.24) is 9.97 Å². The summed E-state index contributed by atoms with van der Waals surface area (Å²) < 4.78 is 0. The number of aromatic amines is 2. The molecule has 1 aromatic carbocycles. The van der Waals surface area contributed by atoms with E-state index in [0.29, 0.717) is 11.5 Å². The number of benzene rings is 1. The van der Waals surface area contributed by atoms with Gasteiger partial charge in [-0.1, -0.05) is 6.07 Å². The van der Waals surface area contributed by atoms with Crippen molar-refractivity contribution in [2.45, 2.75) is 13.8 Å². The van der Waals surface area contributed by atoms with E-state index in [1.165, 1.54) is 0 Å². The van der Waals surface area contributed by atoms with Gasteiger partial charge in [-0.05, 0) is 31.0 Å². The molecule has 0 saturated carbocycles. The van der Waals surface area contributed by atoms with E-state index >= 15 is 0 Å². The third kappa shape index (κ3) is 1.56. The summed E-state index contributed by atoms with van der Waals surface area (Å²) in [5.41, 5.74) is 3.52. The highest BCUT2D eigenvalue weighted by Gasteiger charge is 2.24. The maximum absolute atomic E-state index is 11.8. The smallest absolute Gasteiger partial charge is 0.327 e. The van der Waals surface area contributed by atoms with Gasteiger partial charge < -0.3 is 10.2 Å². The first-order chi connectivity index (χ1) is 8.99. The number of nitrogens with one attached hydrogen (secondary N) is 3. The maximum atomic E-state index is 11.8. The molecule has 6 nitrogen and oxygen atoms in total. The molecule has 98 valence electrons. The number of rotatable bonds is 0. The van der Waals surface area contributed by atoms with Crippen LogP contribution in [0.5, 0.6) is 0 Å². The van der Waals surface area contributed by atoms with E-state index in [1.54, 1.807) is 0 Å². The van der Waals surface area contributed by atoms with E-state index in [1.807, 2.05) is 37.9 Å². The van der Waals surface area contributed by atoms with Gasteiger partial charge in [0.2, 0.25) is 0 Å². The number of fused-ring (bicyclic) bond motifs is 2. The van der Waals surface area contributed by atoms with Gasteiger partial charge in [0.05, 0.1) is 11.4 Å². The lowest BCUT2D eigenvalue weighted by atomic mass is 10.0. The monoisotopic (exact) mass is 258 g/mol. The number of hydrogen-bond acceptors (Lipinski definition) is 4. The zero-order valence-corrected chi connectivity index (χ0v) is 10.9. The molecule has 0 aliphatic carbocycles.